The Morgan fingerprint density at radius 3 is 2.64 bits per heavy atom. The van der Waals surface area contributed by atoms with Gasteiger partial charge in [0.1, 0.15) is 6.04 Å². The molecule has 2 amide bonds. The summed E-state index contributed by atoms with van der Waals surface area (Å²) in [4.78, 5) is 24.6. The number of amides is 2. The van der Waals surface area contributed by atoms with Gasteiger partial charge in [-0.2, -0.15) is 0 Å². The number of nitrogens with one attached hydrogen (secondary N) is 1. The molecular formula is C10H18N2O2. The quantitative estimate of drug-likeness (QED) is 0.712. The van der Waals surface area contributed by atoms with Gasteiger partial charge in [0.25, 0.3) is 0 Å². The molecule has 1 saturated heterocycles. The highest BCUT2D eigenvalue weighted by atomic mass is 16.2. The molecule has 0 bridgehead atoms. The van der Waals surface area contributed by atoms with Crippen LogP contribution >= 0.6 is 0 Å². The first-order valence-corrected chi connectivity index (χ1v) is 5.12. The molecule has 1 N–H and O–H groups in total. The van der Waals surface area contributed by atoms with Crippen LogP contribution in [-0.2, 0) is 9.59 Å². The zero-order valence-electron chi connectivity index (χ0n) is 9.04. The Kier molecular flexibility index (Phi) is 3.49. The molecule has 0 spiro atoms. The van der Waals surface area contributed by atoms with Crippen molar-refractivity contribution >= 4 is 11.8 Å². The summed E-state index contributed by atoms with van der Waals surface area (Å²) in [5, 5.41) is 2.73. The minimum absolute atomic E-state index is 0.0444. The van der Waals surface area contributed by atoms with E-state index in [1.165, 1.54) is 0 Å². The molecule has 1 heterocycles. The lowest BCUT2D eigenvalue weighted by Gasteiger charge is -2.32. The summed E-state index contributed by atoms with van der Waals surface area (Å²) in [5.41, 5.74) is 0. The van der Waals surface area contributed by atoms with Crippen LogP contribution in [-0.4, -0.2) is 35.8 Å². The Bertz CT molecular complexity index is 238. The topological polar surface area (TPSA) is 49.4 Å². The highest BCUT2D eigenvalue weighted by Crippen LogP contribution is 2.11. The summed E-state index contributed by atoms with van der Waals surface area (Å²) >= 11 is 0. The van der Waals surface area contributed by atoms with Crippen molar-refractivity contribution in [1.82, 2.24) is 10.2 Å². The Balaban J connectivity index is 2.65. The third kappa shape index (κ3) is 2.47. The molecule has 4 heteroatoms. The monoisotopic (exact) mass is 198 g/mol. The molecule has 1 aliphatic rings. The Hall–Kier alpha value is -1.06. The second-order valence-corrected chi connectivity index (χ2v) is 4.10. The number of carbonyl (C=O) groups is 2. The van der Waals surface area contributed by atoms with Crippen LogP contribution in [0.25, 0.3) is 0 Å². The maximum Gasteiger partial charge on any atom is 0.245 e. The average molecular weight is 198 g/mol. The fourth-order valence-corrected chi connectivity index (χ4v) is 1.67. The SMILES string of the molecule is CCN1CC(=O)NC(CC(C)C)C1=O. The van der Waals surface area contributed by atoms with Crippen LogP contribution in [0.2, 0.25) is 0 Å². The van der Waals surface area contributed by atoms with Gasteiger partial charge in [0.15, 0.2) is 0 Å². The zero-order chi connectivity index (χ0) is 10.7. The van der Waals surface area contributed by atoms with Gasteiger partial charge in [-0.15, -0.1) is 0 Å². The summed E-state index contributed by atoms with van der Waals surface area (Å²) in [6.07, 6.45) is 0.723. The first-order valence-electron chi connectivity index (χ1n) is 5.12. The number of carbonyl (C=O) groups excluding carboxylic acids is 2. The lowest BCUT2D eigenvalue weighted by molar-refractivity contribution is -0.144. The Morgan fingerprint density at radius 2 is 2.14 bits per heavy atom. The van der Waals surface area contributed by atoms with Crippen molar-refractivity contribution in [2.75, 3.05) is 13.1 Å². The second-order valence-electron chi connectivity index (χ2n) is 4.10. The van der Waals surface area contributed by atoms with Gasteiger partial charge >= 0.3 is 0 Å². The maximum atomic E-state index is 11.7. The van der Waals surface area contributed by atoms with Crippen LogP contribution in [0, 0.1) is 5.92 Å². The van der Waals surface area contributed by atoms with Gasteiger partial charge < -0.3 is 10.2 Å². The molecule has 0 aromatic heterocycles. The minimum atomic E-state index is -0.309. The summed E-state index contributed by atoms with van der Waals surface area (Å²) in [7, 11) is 0. The van der Waals surface area contributed by atoms with E-state index in [0.29, 0.717) is 12.5 Å². The first-order chi connectivity index (χ1) is 6.54. The van der Waals surface area contributed by atoms with E-state index in [0.717, 1.165) is 6.42 Å². The fraction of sp³-hybridized carbons (Fsp3) is 0.800. The largest absolute Gasteiger partial charge is 0.343 e. The molecule has 1 atom stereocenters. The van der Waals surface area contributed by atoms with Crippen LogP contribution in [0.1, 0.15) is 27.2 Å². The third-order valence-corrected chi connectivity index (χ3v) is 2.37. The van der Waals surface area contributed by atoms with Crippen LogP contribution in [0.5, 0.6) is 0 Å². The minimum Gasteiger partial charge on any atom is -0.343 e. The molecule has 1 fully saturated rings. The standard InChI is InChI=1S/C10H18N2O2/c1-4-12-6-9(13)11-8(10(12)14)5-7(2)3/h7-8H,4-6H2,1-3H3,(H,11,13). The number of hydrogen-bond acceptors (Lipinski definition) is 2. The average Bonchev–Trinajstić information content (AvgIpc) is 2.09. The van der Waals surface area contributed by atoms with E-state index in [1.807, 2.05) is 20.8 Å². The maximum absolute atomic E-state index is 11.7. The summed E-state index contributed by atoms with van der Waals surface area (Å²) in [6, 6.07) is -0.309. The molecule has 0 saturated carbocycles. The van der Waals surface area contributed by atoms with Crippen molar-refractivity contribution in [2.45, 2.75) is 33.2 Å². The number of nitrogens with zero attached hydrogens (tertiary/aromatic N) is 1. The van der Waals surface area contributed by atoms with Crippen molar-refractivity contribution in [1.29, 1.82) is 0 Å². The van der Waals surface area contributed by atoms with Crippen LogP contribution in [0.3, 0.4) is 0 Å². The van der Waals surface area contributed by atoms with Crippen LogP contribution in [0.4, 0.5) is 0 Å². The lowest BCUT2D eigenvalue weighted by Crippen LogP contribution is -2.58. The first kappa shape index (κ1) is 11.0. The molecule has 80 valence electrons. The molecule has 1 unspecified atom stereocenters. The van der Waals surface area contributed by atoms with Gasteiger partial charge in [0.2, 0.25) is 11.8 Å². The summed E-state index contributed by atoms with van der Waals surface area (Å²) in [6.45, 7) is 6.81. The molecule has 1 aliphatic heterocycles. The van der Waals surface area contributed by atoms with E-state index in [4.69, 9.17) is 0 Å². The van der Waals surface area contributed by atoms with E-state index < -0.39 is 0 Å². The van der Waals surface area contributed by atoms with Crippen molar-refractivity contribution < 1.29 is 9.59 Å². The summed E-state index contributed by atoms with van der Waals surface area (Å²) in [5.74, 6) is 0.430. The van der Waals surface area contributed by atoms with E-state index in [1.54, 1.807) is 4.90 Å². The highest BCUT2D eigenvalue weighted by molar-refractivity contribution is 5.94. The predicted molar refractivity (Wildman–Crippen MR) is 53.6 cm³/mol. The third-order valence-electron chi connectivity index (χ3n) is 2.37. The zero-order valence-corrected chi connectivity index (χ0v) is 9.04. The van der Waals surface area contributed by atoms with Crippen molar-refractivity contribution in [2.24, 2.45) is 5.92 Å². The van der Waals surface area contributed by atoms with Crippen molar-refractivity contribution in [3.63, 3.8) is 0 Å². The molecule has 1 rings (SSSR count). The molecule has 0 aromatic carbocycles. The van der Waals surface area contributed by atoms with Gasteiger partial charge in [0.05, 0.1) is 6.54 Å². The van der Waals surface area contributed by atoms with E-state index in [2.05, 4.69) is 5.32 Å². The fourth-order valence-electron chi connectivity index (χ4n) is 1.67. The predicted octanol–water partition coefficient (Wildman–Crippen LogP) is 0.379. The number of likely N-dealkylation sites (N-methyl/N-ethyl adjacent to an activating group) is 1. The number of piperazine rings is 1. The van der Waals surface area contributed by atoms with E-state index in [-0.39, 0.29) is 24.4 Å². The van der Waals surface area contributed by atoms with Gasteiger partial charge in [0, 0.05) is 6.54 Å². The smallest absolute Gasteiger partial charge is 0.245 e. The normalized spacial score (nSPS) is 22.9. The van der Waals surface area contributed by atoms with Gasteiger partial charge in [-0.3, -0.25) is 9.59 Å². The molecule has 0 aliphatic carbocycles. The number of hydrogen-bond donors (Lipinski definition) is 1. The van der Waals surface area contributed by atoms with Gasteiger partial charge in [-0.25, -0.2) is 0 Å². The van der Waals surface area contributed by atoms with E-state index >= 15 is 0 Å². The van der Waals surface area contributed by atoms with Crippen molar-refractivity contribution in [3.8, 4) is 0 Å². The Labute approximate surface area is 84.7 Å². The lowest BCUT2D eigenvalue weighted by atomic mass is 10.0. The van der Waals surface area contributed by atoms with Crippen LogP contribution in [0.15, 0.2) is 0 Å². The van der Waals surface area contributed by atoms with Gasteiger partial charge in [-0.1, -0.05) is 13.8 Å². The molecular weight excluding hydrogens is 180 g/mol. The molecule has 0 aromatic rings. The molecule has 4 nitrogen and oxygen atoms in total. The van der Waals surface area contributed by atoms with Crippen LogP contribution < -0.4 is 5.32 Å². The van der Waals surface area contributed by atoms with Gasteiger partial charge in [-0.05, 0) is 19.3 Å². The highest BCUT2D eigenvalue weighted by Gasteiger charge is 2.31. The summed E-state index contributed by atoms with van der Waals surface area (Å²) < 4.78 is 0. The second kappa shape index (κ2) is 4.44. The molecule has 14 heavy (non-hydrogen) atoms. The molecule has 0 radical (unpaired) electrons. The van der Waals surface area contributed by atoms with E-state index in [9.17, 15) is 9.59 Å². The Morgan fingerprint density at radius 1 is 1.50 bits per heavy atom. The number of rotatable bonds is 3. The van der Waals surface area contributed by atoms with Crippen molar-refractivity contribution in [3.05, 3.63) is 0 Å².